The molecule has 36 heavy (non-hydrogen) atoms. The second-order valence-electron chi connectivity index (χ2n) is 8.65. The van der Waals surface area contributed by atoms with Crippen LogP contribution in [0.1, 0.15) is 27.5 Å². The van der Waals surface area contributed by atoms with Crippen molar-refractivity contribution < 1.29 is 4.79 Å². The van der Waals surface area contributed by atoms with E-state index in [4.69, 9.17) is 0 Å². The molecule has 0 spiro atoms. The Morgan fingerprint density at radius 3 is 1.64 bits per heavy atom. The van der Waals surface area contributed by atoms with Gasteiger partial charge in [-0.05, 0) is 47.4 Å². The van der Waals surface area contributed by atoms with E-state index < -0.39 is 7.92 Å². The Kier molecular flexibility index (Phi) is 7.66. The molecule has 0 saturated heterocycles. The summed E-state index contributed by atoms with van der Waals surface area (Å²) >= 11 is 0. The standard InChI is InChI=1S/C33H28NOP/c35-33(34-31(27-17-7-2-8-18-27)25-26-15-5-1-6-16-26)30-23-13-14-24-32(30)36(28-19-9-3-10-20-28)29-21-11-4-12-22-29/h1-24,31H,25H2,(H,34,35)/t31-/m0/s1. The van der Waals surface area contributed by atoms with Gasteiger partial charge in [0, 0.05) is 5.56 Å². The minimum absolute atomic E-state index is 0.0465. The van der Waals surface area contributed by atoms with E-state index in [1.807, 2.05) is 66.7 Å². The molecule has 176 valence electrons. The lowest BCUT2D eigenvalue weighted by atomic mass is 9.98. The van der Waals surface area contributed by atoms with Gasteiger partial charge < -0.3 is 5.32 Å². The summed E-state index contributed by atoms with van der Waals surface area (Å²) < 4.78 is 0. The maximum atomic E-state index is 13.9. The first-order valence-electron chi connectivity index (χ1n) is 12.2. The van der Waals surface area contributed by atoms with Crippen LogP contribution >= 0.6 is 7.92 Å². The van der Waals surface area contributed by atoms with Crippen LogP contribution in [0, 0.1) is 0 Å². The smallest absolute Gasteiger partial charge is 0.252 e. The van der Waals surface area contributed by atoms with E-state index >= 15 is 0 Å². The van der Waals surface area contributed by atoms with Crippen molar-refractivity contribution in [2.45, 2.75) is 12.5 Å². The lowest BCUT2D eigenvalue weighted by Gasteiger charge is -2.24. The van der Waals surface area contributed by atoms with Crippen LogP contribution in [-0.4, -0.2) is 5.91 Å². The van der Waals surface area contributed by atoms with Crippen molar-refractivity contribution in [3.8, 4) is 0 Å². The first-order valence-corrected chi connectivity index (χ1v) is 13.5. The zero-order valence-corrected chi connectivity index (χ0v) is 20.9. The zero-order valence-electron chi connectivity index (χ0n) is 20.0. The van der Waals surface area contributed by atoms with E-state index in [2.05, 4.69) is 84.2 Å². The van der Waals surface area contributed by atoms with Crippen LogP contribution in [-0.2, 0) is 6.42 Å². The van der Waals surface area contributed by atoms with Crippen LogP contribution in [0.2, 0.25) is 0 Å². The number of benzene rings is 5. The Morgan fingerprint density at radius 2 is 1.06 bits per heavy atom. The number of hydrogen-bond donors (Lipinski definition) is 1. The molecule has 0 radical (unpaired) electrons. The van der Waals surface area contributed by atoms with Crippen LogP contribution in [0.25, 0.3) is 0 Å². The Balaban J connectivity index is 1.52. The van der Waals surface area contributed by atoms with Gasteiger partial charge in [-0.15, -0.1) is 0 Å². The van der Waals surface area contributed by atoms with Crippen molar-refractivity contribution in [3.05, 3.63) is 162 Å². The largest absolute Gasteiger partial charge is 0.345 e. The van der Waals surface area contributed by atoms with Gasteiger partial charge in [0.25, 0.3) is 5.91 Å². The van der Waals surface area contributed by atoms with E-state index in [9.17, 15) is 4.79 Å². The van der Waals surface area contributed by atoms with Crippen molar-refractivity contribution >= 4 is 29.7 Å². The Labute approximate surface area is 214 Å². The summed E-state index contributed by atoms with van der Waals surface area (Å²) in [6, 6.07) is 49.5. The third-order valence-electron chi connectivity index (χ3n) is 6.21. The number of rotatable bonds is 8. The van der Waals surface area contributed by atoms with E-state index in [-0.39, 0.29) is 11.9 Å². The molecule has 3 heteroatoms. The maximum Gasteiger partial charge on any atom is 0.252 e. The highest BCUT2D eigenvalue weighted by Gasteiger charge is 2.24. The van der Waals surface area contributed by atoms with Gasteiger partial charge in [0.2, 0.25) is 0 Å². The Morgan fingerprint density at radius 1 is 0.583 bits per heavy atom. The molecule has 0 unspecified atom stereocenters. The van der Waals surface area contributed by atoms with Crippen LogP contribution in [0.4, 0.5) is 0 Å². The summed E-state index contributed by atoms with van der Waals surface area (Å²) in [6.07, 6.45) is 0.727. The average molecular weight is 486 g/mol. The number of carbonyl (C=O) groups excluding carboxylic acids is 1. The Bertz CT molecular complexity index is 1350. The lowest BCUT2D eigenvalue weighted by molar-refractivity contribution is 0.0937. The summed E-state index contributed by atoms with van der Waals surface area (Å²) in [7, 11) is -0.887. The van der Waals surface area contributed by atoms with Crippen molar-refractivity contribution in [1.29, 1.82) is 0 Å². The molecule has 0 aliphatic carbocycles. The highest BCUT2D eigenvalue weighted by molar-refractivity contribution is 7.80. The van der Waals surface area contributed by atoms with Crippen LogP contribution in [0.5, 0.6) is 0 Å². The molecular weight excluding hydrogens is 457 g/mol. The third-order valence-corrected chi connectivity index (χ3v) is 8.71. The molecule has 0 aromatic heterocycles. The monoisotopic (exact) mass is 485 g/mol. The first-order chi connectivity index (χ1) is 17.8. The number of nitrogens with one attached hydrogen (secondary N) is 1. The quantitative estimate of drug-likeness (QED) is 0.262. The van der Waals surface area contributed by atoms with E-state index in [1.165, 1.54) is 16.2 Å². The van der Waals surface area contributed by atoms with Crippen molar-refractivity contribution in [2.24, 2.45) is 0 Å². The van der Waals surface area contributed by atoms with E-state index in [0.29, 0.717) is 0 Å². The van der Waals surface area contributed by atoms with Crippen LogP contribution < -0.4 is 21.2 Å². The van der Waals surface area contributed by atoms with E-state index in [0.717, 1.165) is 22.9 Å². The molecular formula is C33H28NOP. The molecule has 0 saturated carbocycles. The summed E-state index contributed by atoms with van der Waals surface area (Å²) in [6.45, 7) is 0. The van der Waals surface area contributed by atoms with E-state index in [1.54, 1.807) is 0 Å². The zero-order chi connectivity index (χ0) is 24.6. The predicted molar refractivity (Wildman–Crippen MR) is 152 cm³/mol. The minimum atomic E-state index is -0.887. The molecule has 0 fully saturated rings. The fourth-order valence-electron chi connectivity index (χ4n) is 4.47. The van der Waals surface area contributed by atoms with Gasteiger partial charge in [-0.2, -0.15) is 0 Å². The molecule has 5 aromatic carbocycles. The molecule has 1 N–H and O–H groups in total. The summed E-state index contributed by atoms with van der Waals surface area (Å²) in [4.78, 5) is 13.9. The second kappa shape index (κ2) is 11.6. The van der Waals surface area contributed by atoms with Crippen LogP contribution in [0.3, 0.4) is 0 Å². The number of carbonyl (C=O) groups is 1. The van der Waals surface area contributed by atoms with Gasteiger partial charge >= 0.3 is 0 Å². The van der Waals surface area contributed by atoms with Crippen molar-refractivity contribution in [2.75, 3.05) is 0 Å². The van der Waals surface area contributed by atoms with Gasteiger partial charge in [-0.25, -0.2) is 0 Å². The van der Waals surface area contributed by atoms with Crippen molar-refractivity contribution in [1.82, 2.24) is 5.32 Å². The molecule has 0 aliphatic rings. The highest BCUT2D eigenvalue weighted by Crippen LogP contribution is 2.34. The third kappa shape index (κ3) is 5.62. The highest BCUT2D eigenvalue weighted by atomic mass is 31.1. The summed E-state index contributed by atoms with van der Waals surface area (Å²) in [5, 5.41) is 6.88. The molecule has 1 atom stereocenters. The fraction of sp³-hybridized carbons (Fsp3) is 0.0606. The number of hydrogen-bond acceptors (Lipinski definition) is 1. The molecule has 0 bridgehead atoms. The maximum absolute atomic E-state index is 13.9. The SMILES string of the molecule is O=C(N[C@@H](Cc1ccccc1)c1ccccc1)c1ccccc1P(c1ccccc1)c1ccccc1. The molecule has 0 aliphatic heterocycles. The lowest BCUT2D eigenvalue weighted by Crippen LogP contribution is -2.34. The van der Waals surface area contributed by atoms with Gasteiger partial charge in [0.1, 0.15) is 0 Å². The normalized spacial score (nSPS) is 11.7. The van der Waals surface area contributed by atoms with Gasteiger partial charge in [-0.3, -0.25) is 4.79 Å². The molecule has 2 nitrogen and oxygen atoms in total. The first kappa shape index (κ1) is 23.7. The Hall–Kier alpha value is -4.00. The molecule has 5 rings (SSSR count). The molecule has 5 aromatic rings. The average Bonchev–Trinajstić information content (AvgIpc) is 2.95. The van der Waals surface area contributed by atoms with Crippen LogP contribution in [0.15, 0.2) is 146 Å². The van der Waals surface area contributed by atoms with Gasteiger partial charge in [0.15, 0.2) is 0 Å². The molecule has 0 heterocycles. The van der Waals surface area contributed by atoms with Crippen molar-refractivity contribution in [3.63, 3.8) is 0 Å². The molecule has 1 amide bonds. The van der Waals surface area contributed by atoms with Gasteiger partial charge in [0.05, 0.1) is 6.04 Å². The topological polar surface area (TPSA) is 29.1 Å². The second-order valence-corrected chi connectivity index (χ2v) is 10.8. The predicted octanol–water partition coefficient (Wildman–Crippen LogP) is 6.16. The van der Waals surface area contributed by atoms with Gasteiger partial charge in [-0.1, -0.05) is 140 Å². The number of amides is 1. The minimum Gasteiger partial charge on any atom is -0.345 e. The summed E-state index contributed by atoms with van der Waals surface area (Å²) in [5.41, 5.74) is 3.02. The fourth-order valence-corrected chi connectivity index (χ4v) is 6.91. The summed E-state index contributed by atoms with van der Waals surface area (Å²) in [5.74, 6) is -0.0465.